The van der Waals surface area contributed by atoms with E-state index in [0.29, 0.717) is 101 Å². The Hall–Kier alpha value is -6.97. The van der Waals surface area contributed by atoms with Crippen molar-refractivity contribution in [2.75, 3.05) is 40.5 Å². The Labute approximate surface area is 415 Å². The second kappa shape index (κ2) is 29.3. The van der Waals surface area contributed by atoms with Crippen LogP contribution in [0.5, 0.6) is 34.5 Å². The van der Waals surface area contributed by atoms with Gasteiger partial charge in [-0.25, -0.2) is 9.59 Å². The van der Waals surface area contributed by atoms with Crippen molar-refractivity contribution in [3.05, 3.63) is 97.6 Å². The molecule has 2 aliphatic rings. The van der Waals surface area contributed by atoms with Gasteiger partial charge in [-0.05, 0) is 169 Å². The fourth-order valence-electron chi connectivity index (χ4n) is 8.16. The summed E-state index contributed by atoms with van der Waals surface area (Å²) < 4.78 is 44.3. The van der Waals surface area contributed by atoms with E-state index in [1.54, 1.807) is 62.6 Å². The normalized spacial score (nSPS) is 17.3. The van der Waals surface area contributed by atoms with E-state index in [1.165, 1.54) is 23.1 Å². The van der Waals surface area contributed by atoms with Crippen LogP contribution in [0.1, 0.15) is 113 Å². The molecule has 16 nitrogen and oxygen atoms in total. The predicted octanol–water partition coefficient (Wildman–Crippen LogP) is 9.36. The van der Waals surface area contributed by atoms with Crippen molar-refractivity contribution in [2.45, 2.75) is 103 Å². The summed E-state index contributed by atoms with van der Waals surface area (Å²) in [7, 11) is 3.12. The zero-order valence-corrected chi connectivity index (χ0v) is 40.9. The Morgan fingerprint density at radius 3 is 1.14 bits per heavy atom. The SMILES string of the molecule is C=CC(=O)OCCCCCCOc1ccc(OC(=O)C2CCC(C(=O)Oc3ccc(OC(=O)C4CCC(C(=O)Oc5ccc(OCCCCCCOC(=O)C=C)cc5)CC4)c(C(=O)N(C)C)c3)CC2)cc1. The molecule has 0 N–H and O–H groups in total. The van der Waals surface area contributed by atoms with Crippen LogP contribution < -0.4 is 28.4 Å². The summed E-state index contributed by atoms with van der Waals surface area (Å²) in [5, 5.41) is 0. The molecule has 16 heteroatoms. The fourth-order valence-corrected chi connectivity index (χ4v) is 8.16. The number of carbonyl (C=O) groups is 7. The van der Waals surface area contributed by atoms with Crippen LogP contribution in [0.3, 0.4) is 0 Å². The average Bonchev–Trinajstić information content (AvgIpc) is 3.38. The molecule has 0 aliphatic heterocycles. The van der Waals surface area contributed by atoms with Crippen LogP contribution in [0.4, 0.5) is 0 Å². The molecule has 3 aromatic carbocycles. The Morgan fingerprint density at radius 2 is 0.775 bits per heavy atom. The van der Waals surface area contributed by atoms with Crippen molar-refractivity contribution < 1.29 is 71.5 Å². The van der Waals surface area contributed by atoms with Gasteiger partial charge < -0.3 is 42.8 Å². The first-order chi connectivity index (χ1) is 34.3. The lowest BCUT2D eigenvalue weighted by Crippen LogP contribution is -2.31. The minimum absolute atomic E-state index is 0.0290. The van der Waals surface area contributed by atoms with E-state index >= 15 is 0 Å². The predicted molar refractivity (Wildman–Crippen MR) is 261 cm³/mol. The summed E-state index contributed by atoms with van der Waals surface area (Å²) in [4.78, 5) is 89.6. The van der Waals surface area contributed by atoms with Gasteiger partial charge in [0.2, 0.25) is 0 Å². The monoisotopic (exact) mass is 981 g/mol. The van der Waals surface area contributed by atoms with Crippen LogP contribution in [0, 0.1) is 23.7 Å². The van der Waals surface area contributed by atoms with E-state index in [9.17, 15) is 33.6 Å². The highest BCUT2D eigenvalue weighted by Gasteiger charge is 2.34. The minimum Gasteiger partial charge on any atom is -0.494 e. The lowest BCUT2D eigenvalue weighted by Gasteiger charge is -2.26. The van der Waals surface area contributed by atoms with Gasteiger partial charge in [-0.2, -0.15) is 0 Å². The van der Waals surface area contributed by atoms with Crippen molar-refractivity contribution in [2.24, 2.45) is 23.7 Å². The molecule has 3 aromatic rings. The summed E-state index contributed by atoms with van der Waals surface area (Å²) in [6.45, 7) is 8.54. The van der Waals surface area contributed by atoms with Crippen molar-refractivity contribution in [1.29, 1.82) is 0 Å². The number of esters is 6. The van der Waals surface area contributed by atoms with Gasteiger partial charge in [0.1, 0.15) is 34.5 Å². The van der Waals surface area contributed by atoms with Crippen molar-refractivity contribution >= 4 is 41.7 Å². The molecule has 0 atom stereocenters. The highest BCUT2D eigenvalue weighted by atomic mass is 16.6. The third-order valence-electron chi connectivity index (χ3n) is 12.3. The number of rotatable bonds is 27. The molecule has 0 unspecified atom stereocenters. The molecule has 382 valence electrons. The summed E-state index contributed by atoms with van der Waals surface area (Å²) in [5.74, 6) is -2.55. The maximum absolute atomic E-state index is 13.4. The van der Waals surface area contributed by atoms with E-state index < -0.39 is 47.5 Å². The van der Waals surface area contributed by atoms with Gasteiger partial charge in [0.25, 0.3) is 5.91 Å². The Morgan fingerprint density at radius 1 is 0.451 bits per heavy atom. The molecule has 0 aromatic heterocycles. The standard InChI is InChI=1S/C55H67NO15/c1-5-49(57)66-35-13-9-7-11-33-64-42-23-27-44(28-24-42)68-52(60)38-15-17-40(18-16-38)54(62)70-46-31-32-48(47(37-46)51(59)56(3)4)71-55(63)41-21-19-39(20-22-41)53(61)69-45-29-25-43(26-30-45)65-34-12-8-10-14-36-67-50(58)6-2/h5-6,23-32,37-41H,1-2,7-22,33-36H2,3-4H3. The maximum Gasteiger partial charge on any atom is 0.330 e. The first kappa shape index (κ1) is 55.0. The van der Waals surface area contributed by atoms with Crippen LogP contribution in [0.25, 0.3) is 0 Å². The zero-order chi connectivity index (χ0) is 51.0. The Bertz CT molecular complexity index is 2260. The van der Waals surface area contributed by atoms with Crippen LogP contribution >= 0.6 is 0 Å². The number of benzene rings is 3. The lowest BCUT2D eigenvalue weighted by molar-refractivity contribution is -0.145. The molecule has 2 aliphatic carbocycles. The fraction of sp³-hybridized carbons (Fsp3) is 0.473. The third-order valence-corrected chi connectivity index (χ3v) is 12.3. The molecule has 0 spiro atoms. The van der Waals surface area contributed by atoms with Gasteiger partial charge in [-0.15, -0.1) is 0 Å². The summed E-state index contributed by atoms with van der Waals surface area (Å²) in [6, 6.07) is 18.0. The van der Waals surface area contributed by atoms with Gasteiger partial charge in [0.15, 0.2) is 0 Å². The zero-order valence-electron chi connectivity index (χ0n) is 40.9. The quantitative estimate of drug-likeness (QED) is 0.0303. The number of nitrogens with zero attached hydrogens (tertiary/aromatic N) is 1. The summed E-state index contributed by atoms with van der Waals surface area (Å²) in [6.07, 6.45) is 12.5. The van der Waals surface area contributed by atoms with E-state index in [4.69, 9.17) is 37.9 Å². The van der Waals surface area contributed by atoms with E-state index in [2.05, 4.69) is 13.2 Å². The molecule has 0 bridgehead atoms. The number of carbonyl (C=O) groups excluding carboxylic acids is 7. The van der Waals surface area contributed by atoms with Crippen LogP contribution in [-0.4, -0.2) is 87.1 Å². The molecule has 5 rings (SSSR count). The third kappa shape index (κ3) is 18.7. The van der Waals surface area contributed by atoms with Crippen molar-refractivity contribution in [1.82, 2.24) is 4.90 Å². The van der Waals surface area contributed by atoms with Gasteiger partial charge in [0.05, 0.1) is 55.7 Å². The van der Waals surface area contributed by atoms with Gasteiger partial charge in [-0.1, -0.05) is 13.2 Å². The van der Waals surface area contributed by atoms with E-state index in [-0.39, 0.29) is 34.9 Å². The summed E-state index contributed by atoms with van der Waals surface area (Å²) >= 11 is 0. The molecule has 71 heavy (non-hydrogen) atoms. The van der Waals surface area contributed by atoms with Crippen LogP contribution in [0.15, 0.2) is 92.0 Å². The molecule has 0 saturated heterocycles. The maximum atomic E-state index is 13.4. The molecule has 1 amide bonds. The lowest BCUT2D eigenvalue weighted by atomic mass is 9.82. The van der Waals surface area contributed by atoms with Crippen LogP contribution in [-0.2, 0) is 38.2 Å². The molecular formula is C55H67NO15. The summed E-state index contributed by atoms with van der Waals surface area (Å²) in [5.41, 5.74) is 0.0477. The number of hydrogen-bond acceptors (Lipinski definition) is 15. The minimum atomic E-state index is -0.526. The van der Waals surface area contributed by atoms with Crippen molar-refractivity contribution in [3.63, 3.8) is 0 Å². The Kier molecular flexibility index (Phi) is 22.7. The van der Waals surface area contributed by atoms with E-state index in [0.717, 1.165) is 63.5 Å². The van der Waals surface area contributed by atoms with Crippen molar-refractivity contribution in [3.8, 4) is 34.5 Å². The van der Waals surface area contributed by atoms with Gasteiger partial charge in [-0.3, -0.25) is 24.0 Å². The highest BCUT2D eigenvalue weighted by Crippen LogP contribution is 2.35. The highest BCUT2D eigenvalue weighted by molar-refractivity contribution is 5.98. The average molecular weight is 982 g/mol. The molecule has 0 radical (unpaired) electrons. The number of hydrogen-bond donors (Lipinski definition) is 0. The first-order valence-electron chi connectivity index (χ1n) is 24.6. The topological polar surface area (TPSA) is 197 Å². The molecule has 0 heterocycles. The van der Waals surface area contributed by atoms with Crippen LogP contribution in [0.2, 0.25) is 0 Å². The molecule has 2 fully saturated rings. The molecule has 2 saturated carbocycles. The first-order valence-corrected chi connectivity index (χ1v) is 24.6. The Balaban J connectivity index is 0.999. The number of amides is 1. The second-order valence-corrected chi connectivity index (χ2v) is 17.9. The van der Waals surface area contributed by atoms with E-state index in [1.807, 2.05) is 0 Å². The van der Waals surface area contributed by atoms with Gasteiger partial charge >= 0.3 is 35.8 Å². The van der Waals surface area contributed by atoms with Gasteiger partial charge in [0, 0.05) is 26.2 Å². The largest absolute Gasteiger partial charge is 0.494 e. The second-order valence-electron chi connectivity index (χ2n) is 17.9. The smallest absolute Gasteiger partial charge is 0.330 e. The number of unbranched alkanes of at least 4 members (excludes halogenated alkanes) is 6. The number of ether oxygens (including phenoxy) is 8. The molecular weight excluding hydrogens is 915 g/mol.